The van der Waals surface area contributed by atoms with E-state index in [9.17, 15) is 5.26 Å². The third-order valence-electron chi connectivity index (χ3n) is 8.09. The summed E-state index contributed by atoms with van der Waals surface area (Å²) in [6.07, 6.45) is 10.1. The minimum Gasteiger partial charge on any atom is -0.398 e. The molecule has 1 fully saturated rings. The van der Waals surface area contributed by atoms with Crippen LogP contribution in [0, 0.1) is 11.3 Å². The highest BCUT2D eigenvalue weighted by Crippen LogP contribution is 2.33. The topological polar surface area (TPSA) is 85.0 Å². The Morgan fingerprint density at radius 1 is 0.972 bits per heavy atom. The number of piperazine rings is 1. The first-order valence-corrected chi connectivity index (χ1v) is 13.4. The van der Waals surface area contributed by atoms with Crippen LogP contribution in [0.25, 0.3) is 21.8 Å². The molecule has 0 bridgehead atoms. The second-order valence-corrected chi connectivity index (χ2v) is 10.3. The predicted octanol–water partition coefficient (Wildman–Crippen LogP) is 5.19. The lowest BCUT2D eigenvalue weighted by Gasteiger charge is -2.36. The van der Waals surface area contributed by atoms with Gasteiger partial charge >= 0.3 is 0 Å². The maximum atomic E-state index is 9.20. The Balaban J connectivity index is 1.03. The van der Waals surface area contributed by atoms with Crippen LogP contribution >= 0.6 is 0 Å². The Hall–Kier alpha value is -3.56. The normalized spacial score (nSPS) is 16.4. The van der Waals surface area contributed by atoms with Gasteiger partial charge in [0.15, 0.2) is 0 Å². The van der Waals surface area contributed by atoms with Crippen molar-refractivity contribution >= 4 is 33.2 Å². The number of nitriles is 1. The largest absolute Gasteiger partial charge is 0.398 e. The monoisotopic (exact) mass is 478 g/mol. The van der Waals surface area contributed by atoms with Gasteiger partial charge in [-0.05, 0) is 99.0 Å². The number of nitrogens with one attached hydrogen (secondary N) is 1. The van der Waals surface area contributed by atoms with Gasteiger partial charge in [-0.3, -0.25) is 9.88 Å². The molecule has 2 aromatic carbocycles. The maximum absolute atomic E-state index is 9.20. The van der Waals surface area contributed by atoms with Crippen LogP contribution < -0.4 is 10.6 Å². The molecule has 2 aliphatic rings. The van der Waals surface area contributed by atoms with Gasteiger partial charge < -0.3 is 15.6 Å². The van der Waals surface area contributed by atoms with Gasteiger partial charge in [0.2, 0.25) is 0 Å². The molecule has 0 saturated carbocycles. The number of hydrogen-bond acceptors (Lipinski definition) is 5. The van der Waals surface area contributed by atoms with Gasteiger partial charge in [0.25, 0.3) is 0 Å². The molecule has 0 unspecified atom stereocenters. The second kappa shape index (κ2) is 9.83. The van der Waals surface area contributed by atoms with Gasteiger partial charge in [-0.25, -0.2) is 0 Å². The van der Waals surface area contributed by atoms with Crippen molar-refractivity contribution in [2.75, 3.05) is 43.4 Å². The van der Waals surface area contributed by atoms with Crippen LogP contribution in [-0.2, 0) is 19.3 Å². The van der Waals surface area contributed by atoms with Gasteiger partial charge in [0, 0.05) is 65.7 Å². The highest BCUT2D eigenvalue weighted by Gasteiger charge is 2.20. The number of aromatic amines is 1. The molecule has 0 radical (unpaired) electrons. The zero-order valence-corrected chi connectivity index (χ0v) is 20.9. The molecule has 6 heteroatoms. The third-order valence-corrected chi connectivity index (χ3v) is 8.09. The number of aromatic nitrogens is 2. The lowest BCUT2D eigenvalue weighted by molar-refractivity contribution is 0.253. The molecule has 2 aromatic heterocycles. The minimum atomic E-state index is 0.728. The smallest absolute Gasteiger partial charge is 0.0991 e. The van der Waals surface area contributed by atoms with Crippen LogP contribution in [0.15, 0.2) is 42.6 Å². The number of nitrogen functional groups attached to an aromatic ring is 1. The van der Waals surface area contributed by atoms with Crippen molar-refractivity contribution in [1.82, 2.24) is 14.9 Å². The summed E-state index contributed by atoms with van der Waals surface area (Å²) in [4.78, 5) is 13.4. The van der Waals surface area contributed by atoms with Crippen molar-refractivity contribution in [2.24, 2.45) is 0 Å². The number of hydrogen-bond donors (Lipinski definition) is 2. The fourth-order valence-corrected chi connectivity index (χ4v) is 5.98. The van der Waals surface area contributed by atoms with E-state index in [0.717, 1.165) is 86.1 Å². The summed E-state index contributed by atoms with van der Waals surface area (Å²) in [5, 5.41) is 11.5. The number of fused-ring (bicyclic) bond motifs is 3. The quantitative estimate of drug-likeness (QED) is 0.372. The Bertz CT molecular complexity index is 1440. The number of H-pyrrole nitrogens is 1. The predicted molar refractivity (Wildman–Crippen MR) is 147 cm³/mol. The first-order valence-electron chi connectivity index (χ1n) is 13.4. The highest BCUT2D eigenvalue weighted by atomic mass is 15.3. The summed E-state index contributed by atoms with van der Waals surface area (Å²) in [6.45, 7) is 5.41. The SMILES string of the molecule is N#Cc1ccc2[nH]cc(CCCCN3CCN(c4ccc5nc6c(c(N)c5c4)CCCC6)CC3)c2c1. The molecule has 1 saturated heterocycles. The number of aryl methyl sites for hydroxylation is 2. The van der Waals surface area contributed by atoms with Crippen molar-refractivity contribution in [3.63, 3.8) is 0 Å². The first kappa shape index (κ1) is 22.9. The summed E-state index contributed by atoms with van der Waals surface area (Å²) in [5.41, 5.74) is 15.5. The van der Waals surface area contributed by atoms with Gasteiger partial charge in [-0.2, -0.15) is 5.26 Å². The number of benzene rings is 2. The van der Waals surface area contributed by atoms with Crippen LogP contribution in [0.2, 0.25) is 0 Å². The molecule has 6 nitrogen and oxygen atoms in total. The van der Waals surface area contributed by atoms with E-state index in [4.69, 9.17) is 10.7 Å². The zero-order chi connectivity index (χ0) is 24.5. The number of nitrogens with zero attached hydrogens (tertiary/aromatic N) is 4. The summed E-state index contributed by atoms with van der Waals surface area (Å²) in [7, 11) is 0. The van der Waals surface area contributed by atoms with Crippen LogP contribution in [0.4, 0.5) is 11.4 Å². The molecule has 3 N–H and O–H groups in total. The van der Waals surface area contributed by atoms with Crippen molar-refractivity contribution in [1.29, 1.82) is 5.26 Å². The Kier molecular flexibility index (Phi) is 6.25. The first-order chi connectivity index (χ1) is 17.7. The fraction of sp³-hybridized carbons (Fsp3) is 0.400. The molecular formula is C30H34N6. The van der Waals surface area contributed by atoms with E-state index < -0.39 is 0 Å². The third kappa shape index (κ3) is 4.40. The molecule has 4 aromatic rings. The van der Waals surface area contributed by atoms with Crippen LogP contribution in [0.1, 0.15) is 48.1 Å². The number of nitrogens with two attached hydrogens (primary N) is 1. The van der Waals surface area contributed by atoms with Gasteiger partial charge in [-0.1, -0.05) is 0 Å². The summed E-state index contributed by atoms with van der Waals surface area (Å²) < 4.78 is 0. The molecule has 1 aliphatic carbocycles. The van der Waals surface area contributed by atoms with Crippen molar-refractivity contribution < 1.29 is 0 Å². The van der Waals surface area contributed by atoms with E-state index in [1.165, 1.54) is 47.2 Å². The maximum Gasteiger partial charge on any atom is 0.0991 e. The number of rotatable bonds is 6. The standard InChI is InChI=1S/C30H34N6/c31-19-21-8-10-27-25(17-21)22(20-33-27)5-3-4-12-35-13-15-36(16-14-35)23-9-11-29-26(18-23)30(32)24-6-1-2-7-28(24)34-29/h8-11,17-18,20,33H,1-7,12-16H2,(H2,32,34). The minimum absolute atomic E-state index is 0.728. The van der Waals surface area contributed by atoms with E-state index in [1.54, 1.807) is 0 Å². The molecular weight excluding hydrogens is 444 g/mol. The highest BCUT2D eigenvalue weighted by molar-refractivity contribution is 5.94. The number of unbranched alkanes of at least 4 members (excludes halogenated alkanes) is 1. The van der Waals surface area contributed by atoms with Crippen LogP contribution in [0.3, 0.4) is 0 Å². The molecule has 3 heterocycles. The van der Waals surface area contributed by atoms with Crippen LogP contribution in [0.5, 0.6) is 0 Å². The van der Waals surface area contributed by atoms with E-state index in [1.807, 2.05) is 18.2 Å². The van der Waals surface area contributed by atoms with E-state index >= 15 is 0 Å². The molecule has 1 aliphatic heterocycles. The van der Waals surface area contributed by atoms with Gasteiger partial charge in [0.05, 0.1) is 17.1 Å². The molecule has 184 valence electrons. The Morgan fingerprint density at radius 3 is 2.69 bits per heavy atom. The van der Waals surface area contributed by atoms with Crippen molar-refractivity contribution in [3.05, 3.63) is 65.0 Å². The van der Waals surface area contributed by atoms with E-state index in [-0.39, 0.29) is 0 Å². The Morgan fingerprint density at radius 2 is 1.83 bits per heavy atom. The van der Waals surface area contributed by atoms with Crippen molar-refractivity contribution in [2.45, 2.75) is 44.9 Å². The summed E-state index contributed by atoms with van der Waals surface area (Å²) in [5.74, 6) is 0. The van der Waals surface area contributed by atoms with Crippen LogP contribution in [-0.4, -0.2) is 47.6 Å². The number of anilines is 2. The summed E-state index contributed by atoms with van der Waals surface area (Å²) in [6, 6.07) is 14.8. The lowest BCUT2D eigenvalue weighted by atomic mass is 9.93. The average molecular weight is 479 g/mol. The van der Waals surface area contributed by atoms with E-state index in [0.29, 0.717) is 0 Å². The van der Waals surface area contributed by atoms with Gasteiger partial charge in [-0.15, -0.1) is 0 Å². The Labute approximate surface area is 212 Å². The van der Waals surface area contributed by atoms with E-state index in [2.05, 4.69) is 45.2 Å². The average Bonchev–Trinajstić information content (AvgIpc) is 3.33. The molecule has 0 amide bonds. The summed E-state index contributed by atoms with van der Waals surface area (Å²) >= 11 is 0. The molecule has 6 rings (SSSR count). The molecule has 0 atom stereocenters. The fourth-order valence-electron chi connectivity index (χ4n) is 5.98. The zero-order valence-electron chi connectivity index (χ0n) is 20.9. The lowest BCUT2D eigenvalue weighted by Crippen LogP contribution is -2.46. The second-order valence-electron chi connectivity index (χ2n) is 10.3. The number of pyridine rings is 1. The molecule has 0 spiro atoms. The molecule has 36 heavy (non-hydrogen) atoms. The van der Waals surface area contributed by atoms with Crippen molar-refractivity contribution in [3.8, 4) is 6.07 Å². The van der Waals surface area contributed by atoms with Gasteiger partial charge in [0.1, 0.15) is 0 Å².